The molecule has 2 rings (SSSR count). The molecule has 0 aliphatic heterocycles. The fraction of sp³-hybridized carbons (Fsp3) is 0.429. The zero-order valence-electron chi connectivity index (χ0n) is 11.2. The van der Waals surface area contributed by atoms with Crippen LogP contribution in [0.1, 0.15) is 12.8 Å². The Kier molecular flexibility index (Phi) is 4.12. The predicted octanol–water partition coefficient (Wildman–Crippen LogP) is 1.05. The number of carboxylic acids is 1. The van der Waals surface area contributed by atoms with E-state index in [0.717, 1.165) is 0 Å². The number of methoxy groups -OCH3 is 1. The second-order valence-electron chi connectivity index (χ2n) is 4.80. The Bertz CT molecular complexity index is 510. The number of nitrogens with one attached hydrogen (secondary N) is 1. The molecule has 6 heteroatoms. The summed E-state index contributed by atoms with van der Waals surface area (Å²) < 4.78 is 10.5. The summed E-state index contributed by atoms with van der Waals surface area (Å²) in [5.74, 6) is -0.180. The lowest BCUT2D eigenvalue weighted by molar-refractivity contribution is -0.143. The van der Waals surface area contributed by atoms with Crippen LogP contribution in [-0.2, 0) is 9.59 Å². The van der Waals surface area contributed by atoms with Gasteiger partial charge in [0.05, 0.1) is 12.5 Å². The lowest BCUT2D eigenvalue weighted by Gasteiger charge is -2.12. The van der Waals surface area contributed by atoms with Gasteiger partial charge in [0, 0.05) is 6.54 Å². The van der Waals surface area contributed by atoms with Crippen molar-refractivity contribution in [3.63, 3.8) is 0 Å². The van der Waals surface area contributed by atoms with Crippen LogP contribution in [0.2, 0.25) is 0 Å². The van der Waals surface area contributed by atoms with Crippen LogP contribution < -0.4 is 14.8 Å². The minimum absolute atomic E-state index is 0.149. The van der Waals surface area contributed by atoms with Crippen LogP contribution in [0, 0.1) is 5.41 Å². The summed E-state index contributed by atoms with van der Waals surface area (Å²) >= 11 is 0. The van der Waals surface area contributed by atoms with Gasteiger partial charge in [0.25, 0.3) is 5.91 Å². The number of carboxylic acid groups (broad SMARTS) is 1. The monoisotopic (exact) mass is 279 g/mol. The van der Waals surface area contributed by atoms with E-state index in [1.54, 1.807) is 24.3 Å². The molecule has 0 spiro atoms. The van der Waals surface area contributed by atoms with Gasteiger partial charge in [0.15, 0.2) is 18.1 Å². The number of aliphatic carboxylic acids is 1. The van der Waals surface area contributed by atoms with Crippen LogP contribution in [0.15, 0.2) is 24.3 Å². The maximum absolute atomic E-state index is 11.6. The van der Waals surface area contributed by atoms with Crippen molar-refractivity contribution in [2.24, 2.45) is 5.41 Å². The Morgan fingerprint density at radius 2 is 1.95 bits per heavy atom. The van der Waals surface area contributed by atoms with E-state index in [9.17, 15) is 9.59 Å². The molecule has 0 bridgehead atoms. The van der Waals surface area contributed by atoms with Gasteiger partial charge in [-0.1, -0.05) is 12.1 Å². The first kappa shape index (κ1) is 14.2. The topological polar surface area (TPSA) is 84.9 Å². The molecule has 1 aliphatic carbocycles. The van der Waals surface area contributed by atoms with Crippen LogP contribution in [0.5, 0.6) is 11.5 Å². The second-order valence-corrected chi connectivity index (χ2v) is 4.80. The van der Waals surface area contributed by atoms with E-state index in [4.69, 9.17) is 14.6 Å². The number of ether oxygens (including phenoxy) is 2. The summed E-state index contributed by atoms with van der Waals surface area (Å²) in [5.41, 5.74) is -0.764. The van der Waals surface area contributed by atoms with Gasteiger partial charge in [-0.25, -0.2) is 0 Å². The molecule has 0 unspecified atom stereocenters. The van der Waals surface area contributed by atoms with Crippen LogP contribution in [0.25, 0.3) is 0 Å². The van der Waals surface area contributed by atoms with Crippen molar-refractivity contribution in [1.82, 2.24) is 5.32 Å². The second kappa shape index (κ2) is 5.81. The highest BCUT2D eigenvalue weighted by atomic mass is 16.5. The highest BCUT2D eigenvalue weighted by Crippen LogP contribution is 2.45. The molecular weight excluding hydrogens is 262 g/mol. The highest BCUT2D eigenvalue weighted by molar-refractivity contribution is 5.81. The van der Waals surface area contributed by atoms with Crippen molar-refractivity contribution in [3.05, 3.63) is 24.3 Å². The van der Waals surface area contributed by atoms with E-state index in [1.165, 1.54) is 7.11 Å². The summed E-state index contributed by atoms with van der Waals surface area (Å²) in [7, 11) is 1.52. The summed E-state index contributed by atoms with van der Waals surface area (Å²) in [6, 6.07) is 7.01. The lowest BCUT2D eigenvalue weighted by atomic mass is 10.1. The van der Waals surface area contributed by atoms with Crippen LogP contribution in [-0.4, -0.2) is 37.2 Å². The largest absolute Gasteiger partial charge is 0.493 e. The first-order valence-corrected chi connectivity index (χ1v) is 6.33. The number of amides is 1. The summed E-state index contributed by atoms with van der Waals surface area (Å²) in [6.07, 6.45) is 1.21. The Morgan fingerprint density at radius 3 is 2.50 bits per heavy atom. The fourth-order valence-corrected chi connectivity index (χ4v) is 1.82. The summed E-state index contributed by atoms with van der Waals surface area (Å²) in [5, 5.41) is 11.6. The smallest absolute Gasteiger partial charge is 0.311 e. The Morgan fingerprint density at radius 1 is 1.30 bits per heavy atom. The van der Waals surface area contributed by atoms with Crippen molar-refractivity contribution >= 4 is 11.9 Å². The number of hydrogen-bond acceptors (Lipinski definition) is 4. The molecule has 2 N–H and O–H groups in total. The molecule has 1 aromatic rings. The summed E-state index contributed by atoms with van der Waals surface area (Å²) in [6.45, 7) is -0.0213. The number of para-hydroxylation sites is 2. The van der Waals surface area contributed by atoms with Crippen molar-refractivity contribution < 1.29 is 24.2 Å². The number of carbonyl (C=O) groups is 2. The molecule has 0 saturated heterocycles. The molecule has 1 fully saturated rings. The van der Waals surface area contributed by atoms with Gasteiger partial charge < -0.3 is 19.9 Å². The van der Waals surface area contributed by atoms with Crippen LogP contribution in [0.3, 0.4) is 0 Å². The third kappa shape index (κ3) is 3.20. The molecule has 1 amide bonds. The van der Waals surface area contributed by atoms with E-state index in [0.29, 0.717) is 24.3 Å². The Labute approximate surface area is 116 Å². The zero-order valence-corrected chi connectivity index (χ0v) is 11.2. The zero-order chi connectivity index (χ0) is 14.6. The van der Waals surface area contributed by atoms with Gasteiger partial charge in [0.2, 0.25) is 0 Å². The van der Waals surface area contributed by atoms with Crippen LogP contribution >= 0.6 is 0 Å². The minimum Gasteiger partial charge on any atom is -0.493 e. The number of benzene rings is 1. The molecular formula is C14H17NO5. The average molecular weight is 279 g/mol. The SMILES string of the molecule is COc1ccccc1OCC(=O)NCC1(C(=O)O)CC1. The van der Waals surface area contributed by atoms with Crippen molar-refractivity contribution in [3.8, 4) is 11.5 Å². The van der Waals surface area contributed by atoms with E-state index in [1.807, 2.05) is 0 Å². The molecule has 108 valence electrons. The van der Waals surface area contributed by atoms with Gasteiger partial charge >= 0.3 is 5.97 Å². The number of rotatable bonds is 7. The first-order chi connectivity index (χ1) is 9.57. The van der Waals surface area contributed by atoms with E-state index >= 15 is 0 Å². The van der Waals surface area contributed by atoms with Gasteiger partial charge in [-0.05, 0) is 25.0 Å². The van der Waals surface area contributed by atoms with Crippen LogP contribution in [0.4, 0.5) is 0 Å². The van der Waals surface area contributed by atoms with Crippen molar-refractivity contribution in [2.75, 3.05) is 20.3 Å². The molecule has 0 aromatic heterocycles. The average Bonchev–Trinajstić information content (AvgIpc) is 3.24. The fourth-order valence-electron chi connectivity index (χ4n) is 1.82. The molecule has 1 saturated carbocycles. The minimum atomic E-state index is -0.858. The molecule has 1 aromatic carbocycles. The van der Waals surface area contributed by atoms with Gasteiger partial charge in [-0.15, -0.1) is 0 Å². The standard InChI is InChI=1S/C14H17NO5/c1-19-10-4-2-3-5-11(10)20-8-12(16)15-9-14(6-7-14)13(17)18/h2-5H,6-9H2,1H3,(H,15,16)(H,17,18). The predicted molar refractivity (Wildman–Crippen MR) is 70.8 cm³/mol. The number of carbonyl (C=O) groups excluding carboxylic acids is 1. The lowest BCUT2D eigenvalue weighted by Crippen LogP contribution is -2.36. The molecule has 20 heavy (non-hydrogen) atoms. The normalized spacial score (nSPS) is 15.2. The van der Waals surface area contributed by atoms with Gasteiger partial charge in [0.1, 0.15) is 0 Å². The van der Waals surface area contributed by atoms with E-state index in [-0.39, 0.29) is 19.1 Å². The Balaban J connectivity index is 1.79. The molecule has 0 atom stereocenters. The first-order valence-electron chi connectivity index (χ1n) is 6.33. The quantitative estimate of drug-likeness (QED) is 0.779. The maximum atomic E-state index is 11.6. The van der Waals surface area contributed by atoms with Gasteiger partial charge in [-0.2, -0.15) is 0 Å². The molecule has 1 aliphatic rings. The number of hydrogen-bond donors (Lipinski definition) is 2. The molecule has 0 radical (unpaired) electrons. The summed E-state index contributed by atoms with van der Waals surface area (Å²) in [4.78, 5) is 22.6. The van der Waals surface area contributed by atoms with Gasteiger partial charge in [-0.3, -0.25) is 9.59 Å². The third-order valence-corrected chi connectivity index (χ3v) is 3.36. The van der Waals surface area contributed by atoms with Crippen molar-refractivity contribution in [1.29, 1.82) is 0 Å². The maximum Gasteiger partial charge on any atom is 0.311 e. The third-order valence-electron chi connectivity index (χ3n) is 3.36. The molecule has 6 nitrogen and oxygen atoms in total. The van der Waals surface area contributed by atoms with Crippen molar-refractivity contribution in [2.45, 2.75) is 12.8 Å². The van der Waals surface area contributed by atoms with E-state index in [2.05, 4.69) is 5.32 Å². The van der Waals surface area contributed by atoms with E-state index < -0.39 is 11.4 Å². The highest BCUT2D eigenvalue weighted by Gasteiger charge is 2.50. The molecule has 0 heterocycles. The Hall–Kier alpha value is -2.24.